The first kappa shape index (κ1) is 18.5. The number of anilines is 1. The zero-order valence-corrected chi connectivity index (χ0v) is 14.0. The van der Waals surface area contributed by atoms with E-state index in [1.165, 1.54) is 25.7 Å². The summed E-state index contributed by atoms with van der Waals surface area (Å²) in [6, 6.07) is 7.40. The van der Waals surface area contributed by atoms with Crippen molar-refractivity contribution in [2.45, 2.75) is 65.2 Å². The van der Waals surface area contributed by atoms with E-state index in [-0.39, 0.29) is 5.97 Å². The van der Waals surface area contributed by atoms with Crippen LogP contribution in [0.15, 0.2) is 24.3 Å². The van der Waals surface area contributed by atoms with E-state index in [2.05, 4.69) is 13.8 Å². The predicted octanol–water partition coefficient (Wildman–Crippen LogP) is 4.43. The fraction of sp³-hybridized carbons (Fsp3) is 0.611. The first-order valence-corrected chi connectivity index (χ1v) is 8.50. The van der Waals surface area contributed by atoms with Crippen LogP contribution in [0.5, 0.6) is 5.75 Å². The zero-order chi connectivity index (χ0) is 16.2. The van der Waals surface area contributed by atoms with Gasteiger partial charge >= 0.3 is 5.97 Å². The molecule has 4 nitrogen and oxygen atoms in total. The molecule has 0 saturated heterocycles. The number of hydrazine groups is 1. The van der Waals surface area contributed by atoms with Gasteiger partial charge in [-0.25, -0.2) is 5.84 Å². The molecule has 0 fully saturated rings. The van der Waals surface area contributed by atoms with E-state index in [1.807, 2.05) is 12.1 Å². The second kappa shape index (κ2) is 11.1. The predicted molar refractivity (Wildman–Crippen MR) is 91.9 cm³/mol. The number of benzene rings is 1. The fourth-order valence-corrected chi connectivity index (χ4v) is 2.25. The average molecular weight is 306 g/mol. The molecule has 124 valence electrons. The van der Waals surface area contributed by atoms with Crippen LogP contribution < -0.4 is 15.6 Å². The summed E-state index contributed by atoms with van der Waals surface area (Å²) in [5.41, 5.74) is 0.943. The minimum atomic E-state index is -0.156. The quantitative estimate of drug-likeness (QED) is 0.216. The van der Waals surface area contributed by atoms with E-state index in [0.717, 1.165) is 31.5 Å². The number of nitrogens with zero attached hydrogens (tertiary/aromatic N) is 1. The molecule has 0 aliphatic rings. The van der Waals surface area contributed by atoms with Gasteiger partial charge in [0.2, 0.25) is 0 Å². The van der Waals surface area contributed by atoms with Crippen LogP contribution in [-0.2, 0) is 4.79 Å². The molecule has 0 unspecified atom stereocenters. The van der Waals surface area contributed by atoms with Crippen LogP contribution in [0.4, 0.5) is 5.69 Å². The van der Waals surface area contributed by atoms with E-state index in [4.69, 9.17) is 10.6 Å². The normalized spacial score (nSPS) is 10.5. The molecule has 0 atom stereocenters. The van der Waals surface area contributed by atoms with Gasteiger partial charge in [0.25, 0.3) is 0 Å². The lowest BCUT2D eigenvalue weighted by Crippen LogP contribution is -2.31. The maximum absolute atomic E-state index is 11.7. The highest BCUT2D eigenvalue weighted by atomic mass is 16.5. The molecule has 0 aliphatic heterocycles. The number of unbranched alkanes of at least 4 members (excludes halogenated alkanes) is 5. The Morgan fingerprint density at radius 1 is 1.00 bits per heavy atom. The molecule has 0 aliphatic carbocycles. The molecule has 0 spiro atoms. The number of nitrogens with two attached hydrogens (primary N) is 1. The van der Waals surface area contributed by atoms with Crippen molar-refractivity contribution >= 4 is 11.7 Å². The molecule has 0 heterocycles. The Balaban J connectivity index is 2.36. The SMILES string of the molecule is CCCCCCC(=O)Oc1ccc(N(N)CCCCC)cc1. The zero-order valence-electron chi connectivity index (χ0n) is 14.0. The van der Waals surface area contributed by atoms with Crippen LogP contribution in [-0.4, -0.2) is 12.5 Å². The van der Waals surface area contributed by atoms with Crippen molar-refractivity contribution in [1.29, 1.82) is 0 Å². The first-order chi connectivity index (χ1) is 10.7. The van der Waals surface area contributed by atoms with Crippen molar-refractivity contribution in [2.24, 2.45) is 5.84 Å². The summed E-state index contributed by atoms with van der Waals surface area (Å²) in [7, 11) is 0. The van der Waals surface area contributed by atoms with Gasteiger partial charge < -0.3 is 9.75 Å². The third kappa shape index (κ3) is 7.46. The summed E-state index contributed by atoms with van der Waals surface area (Å²) in [5.74, 6) is 6.44. The number of rotatable bonds is 11. The highest BCUT2D eigenvalue weighted by Crippen LogP contribution is 2.19. The maximum atomic E-state index is 11.7. The number of hydrogen-bond acceptors (Lipinski definition) is 4. The van der Waals surface area contributed by atoms with E-state index in [1.54, 1.807) is 17.1 Å². The maximum Gasteiger partial charge on any atom is 0.311 e. The molecule has 1 aromatic rings. The molecule has 1 aromatic carbocycles. The van der Waals surface area contributed by atoms with Crippen molar-refractivity contribution in [3.05, 3.63) is 24.3 Å². The molecule has 0 saturated carbocycles. The van der Waals surface area contributed by atoms with Crippen molar-refractivity contribution in [3.8, 4) is 5.75 Å². The summed E-state index contributed by atoms with van der Waals surface area (Å²) >= 11 is 0. The number of esters is 1. The van der Waals surface area contributed by atoms with Crippen molar-refractivity contribution < 1.29 is 9.53 Å². The van der Waals surface area contributed by atoms with Crippen molar-refractivity contribution in [2.75, 3.05) is 11.6 Å². The third-order valence-corrected chi connectivity index (χ3v) is 3.64. The van der Waals surface area contributed by atoms with Crippen LogP contribution in [0.25, 0.3) is 0 Å². The van der Waals surface area contributed by atoms with Crippen LogP contribution in [0.1, 0.15) is 65.2 Å². The van der Waals surface area contributed by atoms with Crippen LogP contribution in [0.3, 0.4) is 0 Å². The Kier molecular flexibility index (Phi) is 9.31. The molecule has 4 heteroatoms. The fourth-order valence-electron chi connectivity index (χ4n) is 2.25. The number of ether oxygens (including phenoxy) is 1. The van der Waals surface area contributed by atoms with Gasteiger partial charge in [0.1, 0.15) is 5.75 Å². The van der Waals surface area contributed by atoms with Gasteiger partial charge in [-0.3, -0.25) is 4.79 Å². The van der Waals surface area contributed by atoms with Gasteiger partial charge in [-0.1, -0.05) is 46.0 Å². The largest absolute Gasteiger partial charge is 0.427 e. The summed E-state index contributed by atoms with van der Waals surface area (Å²) < 4.78 is 5.33. The Morgan fingerprint density at radius 3 is 2.27 bits per heavy atom. The molecular formula is C18H30N2O2. The Morgan fingerprint density at radius 2 is 1.64 bits per heavy atom. The molecule has 0 aromatic heterocycles. The molecule has 1 rings (SSSR count). The summed E-state index contributed by atoms with van der Waals surface area (Å²) in [6.07, 6.45) is 8.27. The summed E-state index contributed by atoms with van der Waals surface area (Å²) in [6.45, 7) is 5.17. The standard InChI is InChI=1S/C18H30N2O2/c1-3-5-7-8-10-18(21)22-17-13-11-16(12-14-17)20(19)15-9-6-4-2/h11-14H,3-10,15,19H2,1-2H3. The van der Waals surface area contributed by atoms with Crippen LogP contribution in [0, 0.1) is 0 Å². The van der Waals surface area contributed by atoms with Crippen molar-refractivity contribution in [1.82, 2.24) is 0 Å². The van der Waals surface area contributed by atoms with Gasteiger partial charge in [-0.2, -0.15) is 0 Å². The Bertz CT molecular complexity index is 418. The number of carbonyl (C=O) groups excluding carboxylic acids is 1. The monoisotopic (exact) mass is 306 g/mol. The molecule has 0 radical (unpaired) electrons. The summed E-state index contributed by atoms with van der Waals surface area (Å²) in [4.78, 5) is 11.7. The highest BCUT2D eigenvalue weighted by Gasteiger charge is 2.06. The lowest BCUT2D eigenvalue weighted by molar-refractivity contribution is -0.134. The van der Waals surface area contributed by atoms with E-state index < -0.39 is 0 Å². The minimum Gasteiger partial charge on any atom is -0.427 e. The van der Waals surface area contributed by atoms with E-state index in [9.17, 15) is 4.79 Å². The third-order valence-electron chi connectivity index (χ3n) is 3.64. The number of carbonyl (C=O) groups is 1. The van der Waals surface area contributed by atoms with Crippen molar-refractivity contribution in [3.63, 3.8) is 0 Å². The van der Waals surface area contributed by atoms with Gasteiger partial charge in [0.05, 0.1) is 5.69 Å². The molecule has 0 amide bonds. The first-order valence-electron chi connectivity index (χ1n) is 8.50. The van der Waals surface area contributed by atoms with Gasteiger partial charge in [0, 0.05) is 13.0 Å². The topological polar surface area (TPSA) is 55.6 Å². The smallest absolute Gasteiger partial charge is 0.311 e. The average Bonchev–Trinajstić information content (AvgIpc) is 2.52. The second-order valence-electron chi connectivity index (χ2n) is 5.68. The second-order valence-corrected chi connectivity index (χ2v) is 5.68. The molecule has 0 bridgehead atoms. The van der Waals surface area contributed by atoms with Crippen LogP contribution in [0.2, 0.25) is 0 Å². The molecule has 22 heavy (non-hydrogen) atoms. The lowest BCUT2D eigenvalue weighted by Gasteiger charge is -2.18. The minimum absolute atomic E-state index is 0.156. The highest BCUT2D eigenvalue weighted by molar-refractivity contribution is 5.72. The molecule has 2 N–H and O–H groups in total. The molecular weight excluding hydrogens is 276 g/mol. The Labute approximate surface area is 134 Å². The summed E-state index contributed by atoms with van der Waals surface area (Å²) in [5, 5.41) is 1.74. The number of hydrogen-bond donors (Lipinski definition) is 1. The van der Waals surface area contributed by atoms with Gasteiger partial charge in [-0.15, -0.1) is 0 Å². The van der Waals surface area contributed by atoms with Gasteiger partial charge in [-0.05, 0) is 37.1 Å². The van der Waals surface area contributed by atoms with Gasteiger partial charge in [0.15, 0.2) is 0 Å². The van der Waals surface area contributed by atoms with E-state index in [0.29, 0.717) is 12.2 Å². The lowest BCUT2D eigenvalue weighted by atomic mass is 10.1. The van der Waals surface area contributed by atoms with E-state index >= 15 is 0 Å². The van der Waals surface area contributed by atoms with Crippen LogP contribution >= 0.6 is 0 Å². The Hall–Kier alpha value is -1.55.